The number of carbonyl (C=O) groups is 2. The molecule has 0 spiro atoms. The van der Waals surface area contributed by atoms with E-state index in [4.69, 9.17) is 9.47 Å². The number of aliphatic carboxylic acids is 1. The summed E-state index contributed by atoms with van der Waals surface area (Å²) in [5.41, 5.74) is 1.08. The summed E-state index contributed by atoms with van der Waals surface area (Å²) < 4.78 is 10.3. The molecule has 0 radical (unpaired) electrons. The van der Waals surface area contributed by atoms with E-state index in [1.807, 2.05) is 0 Å². The summed E-state index contributed by atoms with van der Waals surface area (Å²) in [6.45, 7) is 0. The standard InChI is InChI=1S/C17H17NO5/c1-22-12-7-8-15(23-2)14(10-12)18-17(21)13-6-4-3-5-11(13)9-16(19)20/h3-8,10H,9H2,1-2H3,(H,18,21)(H,19,20)/p-1. The number of carbonyl (C=O) groups excluding carboxylic acids is 2. The highest BCUT2D eigenvalue weighted by Gasteiger charge is 2.14. The zero-order valence-corrected chi connectivity index (χ0v) is 12.8. The first-order chi connectivity index (χ1) is 11.0. The van der Waals surface area contributed by atoms with Crippen LogP contribution in [0.15, 0.2) is 42.5 Å². The molecule has 1 N–H and O–H groups in total. The Kier molecular flexibility index (Phi) is 5.19. The molecule has 0 aliphatic rings. The van der Waals surface area contributed by atoms with Crippen molar-refractivity contribution in [3.63, 3.8) is 0 Å². The number of nitrogens with one attached hydrogen (secondary N) is 1. The van der Waals surface area contributed by atoms with Crippen LogP contribution in [0.25, 0.3) is 0 Å². The topological polar surface area (TPSA) is 87.7 Å². The number of hydrogen-bond acceptors (Lipinski definition) is 5. The maximum atomic E-state index is 12.5. The van der Waals surface area contributed by atoms with E-state index >= 15 is 0 Å². The van der Waals surface area contributed by atoms with Crippen LogP contribution in [0.2, 0.25) is 0 Å². The molecule has 0 atom stereocenters. The Hall–Kier alpha value is -3.02. The minimum atomic E-state index is -1.25. The van der Waals surface area contributed by atoms with Gasteiger partial charge >= 0.3 is 0 Å². The monoisotopic (exact) mass is 314 g/mol. The average Bonchev–Trinajstić information content (AvgIpc) is 2.54. The first kappa shape index (κ1) is 16.4. The Morgan fingerprint density at radius 1 is 1.09 bits per heavy atom. The number of hydrogen-bond donors (Lipinski definition) is 1. The third kappa shape index (κ3) is 4.00. The lowest BCUT2D eigenvalue weighted by molar-refractivity contribution is -0.304. The van der Waals surface area contributed by atoms with E-state index in [0.717, 1.165) is 0 Å². The minimum absolute atomic E-state index is 0.265. The smallest absolute Gasteiger partial charge is 0.256 e. The molecule has 2 aromatic carbocycles. The lowest BCUT2D eigenvalue weighted by Gasteiger charge is -2.14. The fourth-order valence-electron chi connectivity index (χ4n) is 2.15. The predicted molar refractivity (Wildman–Crippen MR) is 82.7 cm³/mol. The van der Waals surface area contributed by atoms with Gasteiger partial charge in [-0.05, 0) is 23.8 Å². The highest BCUT2D eigenvalue weighted by Crippen LogP contribution is 2.29. The fraction of sp³-hybridized carbons (Fsp3) is 0.176. The Morgan fingerprint density at radius 3 is 2.48 bits per heavy atom. The number of methoxy groups -OCH3 is 2. The van der Waals surface area contributed by atoms with Crippen LogP contribution < -0.4 is 19.9 Å². The molecule has 1 amide bonds. The molecule has 0 unspecified atom stereocenters. The SMILES string of the molecule is COc1ccc(OC)c(NC(=O)c2ccccc2CC(=O)[O-])c1. The molecule has 0 saturated heterocycles. The second-order valence-corrected chi connectivity index (χ2v) is 4.73. The highest BCUT2D eigenvalue weighted by atomic mass is 16.5. The van der Waals surface area contributed by atoms with E-state index in [1.165, 1.54) is 14.2 Å². The zero-order chi connectivity index (χ0) is 16.8. The average molecular weight is 314 g/mol. The summed E-state index contributed by atoms with van der Waals surface area (Å²) in [4.78, 5) is 23.3. The predicted octanol–water partition coefficient (Wildman–Crippen LogP) is 1.25. The molecule has 0 bridgehead atoms. The Bertz CT molecular complexity index is 727. The van der Waals surface area contributed by atoms with Crippen LogP contribution in [0.5, 0.6) is 11.5 Å². The van der Waals surface area contributed by atoms with Crippen molar-refractivity contribution in [2.24, 2.45) is 0 Å². The first-order valence-electron chi connectivity index (χ1n) is 6.86. The molecule has 6 heteroatoms. The third-order valence-corrected chi connectivity index (χ3v) is 3.25. The molecular formula is C17H16NO5-. The minimum Gasteiger partial charge on any atom is -0.550 e. The second-order valence-electron chi connectivity index (χ2n) is 4.73. The van der Waals surface area contributed by atoms with Crippen LogP contribution >= 0.6 is 0 Å². The van der Waals surface area contributed by atoms with Gasteiger partial charge in [0.2, 0.25) is 0 Å². The Morgan fingerprint density at radius 2 is 1.83 bits per heavy atom. The molecule has 0 fully saturated rings. The van der Waals surface area contributed by atoms with E-state index < -0.39 is 11.9 Å². The molecular weight excluding hydrogens is 298 g/mol. The Balaban J connectivity index is 2.31. The first-order valence-corrected chi connectivity index (χ1v) is 6.86. The Labute approximate surface area is 133 Å². The van der Waals surface area contributed by atoms with Crippen LogP contribution in [0.1, 0.15) is 15.9 Å². The number of carboxylic acids is 1. The lowest BCUT2D eigenvalue weighted by atomic mass is 10.0. The van der Waals surface area contributed by atoms with Crippen molar-refractivity contribution < 1.29 is 24.2 Å². The summed E-state index contributed by atoms with van der Waals surface area (Å²) in [5.74, 6) is -0.654. The van der Waals surface area contributed by atoms with Crippen LogP contribution in [0.4, 0.5) is 5.69 Å². The van der Waals surface area contributed by atoms with Gasteiger partial charge in [-0.3, -0.25) is 4.79 Å². The van der Waals surface area contributed by atoms with Crippen molar-refractivity contribution in [2.75, 3.05) is 19.5 Å². The summed E-state index contributed by atoms with van der Waals surface area (Å²) in [6, 6.07) is 11.5. The van der Waals surface area contributed by atoms with Gasteiger partial charge in [0.25, 0.3) is 5.91 Å². The molecule has 0 aromatic heterocycles. The van der Waals surface area contributed by atoms with Gasteiger partial charge in [0, 0.05) is 24.0 Å². The number of carboxylic acid groups (broad SMARTS) is 1. The van der Waals surface area contributed by atoms with E-state index in [2.05, 4.69) is 5.32 Å². The molecule has 2 rings (SSSR count). The molecule has 0 aliphatic carbocycles. The van der Waals surface area contributed by atoms with Gasteiger partial charge in [0.1, 0.15) is 11.5 Å². The van der Waals surface area contributed by atoms with Gasteiger partial charge < -0.3 is 24.7 Å². The fourth-order valence-corrected chi connectivity index (χ4v) is 2.15. The van der Waals surface area contributed by atoms with E-state index in [1.54, 1.807) is 42.5 Å². The van der Waals surface area contributed by atoms with E-state index in [9.17, 15) is 14.7 Å². The number of benzene rings is 2. The maximum Gasteiger partial charge on any atom is 0.256 e. The highest BCUT2D eigenvalue weighted by molar-refractivity contribution is 6.06. The van der Waals surface area contributed by atoms with Crippen molar-refractivity contribution in [1.82, 2.24) is 0 Å². The molecule has 23 heavy (non-hydrogen) atoms. The van der Waals surface area contributed by atoms with Gasteiger partial charge in [-0.1, -0.05) is 18.2 Å². The van der Waals surface area contributed by atoms with Crippen molar-refractivity contribution in [2.45, 2.75) is 6.42 Å². The number of anilines is 1. The van der Waals surface area contributed by atoms with E-state index in [-0.39, 0.29) is 12.0 Å². The molecule has 2 aromatic rings. The number of amides is 1. The van der Waals surface area contributed by atoms with Crippen molar-refractivity contribution in [3.05, 3.63) is 53.6 Å². The van der Waals surface area contributed by atoms with Crippen molar-refractivity contribution >= 4 is 17.6 Å². The van der Waals surface area contributed by atoms with Crippen LogP contribution in [0.3, 0.4) is 0 Å². The summed E-state index contributed by atoms with van der Waals surface area (Å²) in [6.07, 6.45) is -0.334. The molecule has 6 nitrogen and oxygen atoms in total. The number of rotatable bonds is 6. The maximum absolute atomic E-state index is 12.5. The largest absolute Gasteiger partial charge is 0.550 e. The van der Waals surface area contributed by atoms with E-state index in [0.29, 0.717) is 22.7 Å². The molecule has 0 saturated carbocycles. The molecule has 0 aliphatic heterocycles. The van der Waals surface area contributed by atoms with Gasteiger partial charge in [-0.2, -0.15) is 0 Å². The van der Waals surface area contributed by atoms with Gasteiger partial charge in [0.15, 0.2) is 0 Å². The van der Waals surface area contributed by atoms with Gasteiger partial charge in [0.05, 0.1) is 19.9 Å². The van der Waals surface area contributed by atoms with Crippen molar-refractivity contribution in [1.29, 1.82) is 0 Å². The zero-order valence-electron chi connectivity index (χ0n) is 12.8. The quantitative estimate of drug-likeness (QED) is 0.867. The summed E-state index contributed by atoms with van der Waals surface area (Å²) in [7, 11) is 3.00. The van der Waals surface area contributed by atoms with Crippen LogP contribution in [-0.4, -0.2) is 26.1 Å². The van der Waals surface area contributed by atoms with Gasteiger partial charge in [-0.15, -0.1) is 0 Å². The summed E-state index contributed by atoms with van der Waals surface area (Å²) >= 11 is 0. The third-order valence-electron chi connectivity index (χ3n) is 3.25. The van der Waals surface area contributed by atoms with Crippen LogP contribution in [0, 0.1) is 0 Å². The van der Waals surface area contributed by atoms with Crippen molar-refractivity contribution in [3.8, 4) is 11.5 Å². The molecule has 0 heterocycles. The normalized spacial score (nSPS) is 10.0. The van der Waals surface area contributed by atoms with Gasteiger partial charge in [-0.25, -0.2) is 0 Å². The number of ether oxygens (including phenoxy) is 2. The van der Waals surface area contributed by atoms with Crippen LogP contribution in [-0.2, 0) is 11.2 Å². The molecule has 120 valence electrons. The second kappa shape index (κ2) is 7.31. The summed E-state index contributed by atoms with van der Waals surface area (Å²) in [5, 5.41) is 13.5. The lowest BCUT2D eigenvalue weighted by Crippen LogP contribution is -2.26.